The first-order valence-corrected chi connectivity index (χ1v) is 5.61. The van der Waals surface area contributed by atoms with Gasteiger partial charge in [0.15, 0.2) is 0 Å². The van der Waals surface area contributed by atoms with Crippen molar-refractivity contribution in [2.75, 3.05) is 13.1 Å². The molecule has 1 aliphatic heterocycles. The zero-order chi connectivity index (χ0) is 12.4. The molecular weight excluding hydrogens is 222 g/mol. The van der Waals surface area contributed by atoms with Crippen LogP contribution in [0.5, 0.6) is 0 Å². The van der Waals surface area contributed by atoms with Crippen LogP contribution in [0.4, 0.5) is 0 Å². The largest absolute Gasteiger partial charge is 0.391 e. The zero-order valence-corrected chi connectivity index (χ0v) is 9.59. The summed E-state index contributed by atoms with van der Waals surface area (Å²) in [7, 11) is 0. The average molecular weight is 237 g/mol. The van der Waals surface area contributed by atoms with E-state index < -0.39 is 6.10 Å². The van der Waals surface area contributed by atoms with E-state index >= 15 is 0 Å². The lowest BCUT2D eigenvalue weighted by Crippen LogP contribution is -2.46. The number of H-pyrrole nitrogens is 1. The highest BCUT2D eigenvalue weighted by atomic mass is 16.3. The summed E-state index contributed by atoms with van der Waals surface area (Å²) in [6, 6.07) is 2.66. The summed E-state index contributed by atoms with van der Waals surface area (Å²) in [6.45, 7) is 2.89. The Balaban J connectivity index is 2.10. The van der Waals surface area contributed by atoms with Crippen molar-refractivity contribution in [2.24, 2.45) is 5.92 Å². The Morgan fingerprint density at radius 1 is 1.59 bits per heavy atom. The first-order chi connectivity index (χ1) is 8.08. The standard InChI is InChI=1S/C11H15N3O3/c1-7-4-5-14(6-9(7)15)11(17)8-2-3-10(16)13-12-8/h2-3,7,9,15H,4-6H2,1H3,(H,13,16). The average Bonchev–Trinajstić information content (AvgIpc) is 2.33. The first kappa shape index (κ1) is 11.8. The van der Waals surface area contributed by atoms with Gasteiger partial charge in [-0.15, -0.1) is 0 Å². The fraction of sp³-hybridized carbons (Fsp3) is 0.545. The topological polar surface area (TPSA) is 86.3 Å². The lowest BCUT2D eigenvalue weighted by molar-refractivity contribution is 0.0244. The van der Waals surface area contributed by atoms with Gasteiger partial charge in [0, 0.05) is 19.2 Å². The molecule has 17 heavy (non-hydrogen) atoms. The van der Waals surface area contributed by atoms with Gasteiger partial charge >= 0.3 is 0 Å². The number of β-amino-alcohol motifs (C(OH)–C–C–N with tert-alkyl or cyclic N) is 1. The second-order valence-electron chi connectivity index (χ2n) is 4.39. The van der Waals surface area contributed by atoms with E-state index in [1.54, 1.807) is 4.90 Å². The van der Waals surface area contributed by atoms with Crippen LogP contribution in [-0.4, -0.2) is 45.3 Å². The number of nitrogens with zero attached hydrogens (tertiary/aromatic N) is 2. The number of nitrogens with one attached hydrogen (secondary N) is 1. The van der Waals surface area contributed by atoms with Crippen LogP contribution in [0.25, 0.3) is 0 Å². The van der Waals surface area contributed by atoms with Gasteiger partial charge in [-0.1, -0.05) is 6.92 Å². The van der Waals surface area contributed by atoms with Crippen LogP contribution < -0.4 is 5.56 Å². The lowest BCUT2D eigenvalue weighted by Gasteiger charge is -2.33. The van der Waals surface area contributed by atoms with E-state index in [0.717, 1.165) is 6.42 Å². The van der Waals surface area contributed by atoms with E-state index in [-0.39, 0.29) is 23.1 Å². The molecule has 1 amide bonds. The number of piperidine rings is 1. The van der Waals surface area contributed by atoms with Crippen molar-refractivity contribution in [2.45, 2.75) is 19.4 Å². The number of amides is 1. The van der Waals surface area contributed by atoms with Gasteiger partial charge in [0.25, 0.3) is 11.5 Å². The van der Waals surface area contributed by atoms with Crippen LogP contribution in [0, 0.1) is 5.92 Å². The minimum atomic E-state index is -0.490. The highest BCUT2D eigenvalue weighted by Gasteiger charge is 2.28. The normalized spacial score (nSPS) is 24.7. The molecule has 2 unspecified atom stereocenters. The Morgan fingerprint density at radius 3 is 2.94 bits per heavy atom. The molecule has 6 nitrogen and oxygen atoms in total. The predicted molar refractivity (Wildman–Crippen MR) is 60.5 cm³/mol. The maximum absolute atomic E-state index is 12.0. The molecule has 1 aromatic heterocycles. The Bertz CT molecular complexity index is 451. The van der Waals surface area contributed by atoms with Crippen molar-refractivity contribution in [3.05, 3.63) is 28.2 Å². The van der Waals surface area contributed by atoms with Crippen molar-refractivity contribution in [3.8, 4) is 0 Å². The number of carbonyl (C=O) groups is 1. The summed E-state index contributed by atoms with van der Waals surface area (Å²) < 4.78 is 0. The maximum Gasteiger partial charge on any atom is 0.274 e. The van der Waals surface area contributed by atoms with E-state index in [1.165, 1.54) is 12.1 Å². The van der Waals surface area contributed by atoms with E-state index in [2.05, 4.69) is 10.2 Å². The van der Waals surface area contributed by atoms with Crippen LogP contribution in [0.2, 0.25) is 0 Å². The SMILES string of the molecule is CC1CCN(C(=O)c2ccc(=O)[nH]n2)CC1O. The fourth-order valence-corrected chi connectivity index (χ4v) is 1.86. The Kier molecular flexibility index (Phi) is 3.23. The van der Waals surface area contributed by atoms with Crippen molar-refractivity contribution in [1.29, 1.82) is 0 Å². The van der Waals surface area contributed by atoms with E-state index in [4.69, 9.17) is 0 Å². The van der Waals surface area contributed by atoms with E-state index in [1.807, 2.05) is 6.92 Å². The van der Waals surface area contributed by atoms with Crippen LogP contribution in [0.15, 0.2) is 16.9 Å². The highest BCUT2D eigenvalue weighted by molar-refractivity contribution is 5.92. The molecule has 6 heteroatoms. The number of carbonyl (C=O) groups excluding carboxylic acids is 1. The number of aromatic amines is 1. The van der Waals surface area contributed by atoms with Crippen LogP contribution in [-0.2, 0) is 0 Å². The maximum atomic E-state index is 12.0. The van der Waals surface area contributed by atoms with Gasteiger partial charge in [0.1, 0.15) is 5.69 Å². The van der Waals surface area contributed by atoms with Crippen molar-refractivity contribution >= 4 is 5.91 Å². The number of likely N-dealkylation sites (tertiary alicyclic amines) is 1. The molecule has 0 bridgehead atoms. The van der Waals surface area contributed by atoms with Gasteiger partial charge in [-0.3, -0.25) is 9.59 Å². The van der Waals surface area contributed by atoms with Crippen molar-refractivity contribution in [1.82, 2.24) is 15.1 Å². The second kappa shape index (κ2) is 4.67. The highest BCUT2D eigenvalue weighted by Crippen LogP contribution is 2.18. The molecule has 1 saturated heterocycles. The zero-order valence-electron chi connectivity index (χ0n) is 9.59. The number of aliphatic hydroxyl groups is 1. The molecule has 1 aliphatic rings. The number of aromatic nitrogens is 2. The Hall–Kier alpha value is -1.69. The monoisotopic (exact) mass is 237 g/mol. The van der Waals surface area contributed by atoms with Gasteiger partial charge in [0.05, 0.1) is 6.10 Å². The minimum Gasteiger partial charge on any atom is -0.391 e. The number of hydrogen-bond donors (Lipinski definition) is 2. The smallest absolute Gasteiger partial charge is 0.274 e. The lowest BCUT2D eigenvalue weighted by atomic mass is 9.96. The molecule has 0 saturated carbocycles. The van der Waals surface area contributed by atoms with Gasteiger partial charge in [0.2, 0.25) is 0 Å². The van der Waals surface area contributed by atoms with Gasteiger partial charge in [-0.2, -0.15) is 5.10 Å². The third-order valence-corrected chi connectivity index (χ3v) is 3.10. The summed E-state index contributed by atoms with van der Waals surface area (Å²) in [5, 5.41) is 15.6. The van der Waals surface area contributed by atoms with E-state index in [9.17, 15) is 14.7 Å². The quantitative estimate of drug-likeness (QED) is 0.696. The molecular formula is C11H15N3O3. The van der Waals surface area contributed by atoms with Gasteiger partial charge in [-0.25, -0.2) is 5.10 Å². The molecule has 92 valence electrons. The third kappa shape index (κ3) is 2.52. The minimum absolute atomic E-state index is 0.200. The van der Waals surface area contributed by atoms with Crippen LogP contribution in [0.3, 0.4) is 0 Å². The Labute approximate surface area is 98.3 Å². The third-order valence-electron chi connectivity index (χ3n) is 3.10. The molecule has 1 fully saturated rings. The van der Waals surface area contributed by atoms with Crippen LogP contribution >= 0.6 is 0 Å². The molecule has 0 aromatic carbocycles. The summed E-state index contributed by atoms with van der Waals surface area (Å²) in [5.74, 6) is -0.0465. The fourth-order valence-electron chi connectivity index (χ4n) is 1.86. The molecule has 2 heterocycles. The molecule has 1 aromatic rings. The summed E-state index contributed by atoms with van der Waals surface area (Å²) in [4.78, 5) is 24.4. The van der Waals surface area contributed by atoms with Crippen LogP contribution in [0.1, 0.15) is 23.8 Å². The molecule has 0 aliphatic carbocycles. The van der Waals surface area contributed by atoms with Gasteiger partial charge in [-0.05, 0) is 18.4 Å². The molecule has 2 rings (SSSR count). The number of rotatable bonds is 1. The van der Waals surface area contributed by atoms with E-state index in [0.29, 0.717) is 13.1 Å². The number of hydrogen-bond acceptors (Lipinski definition) is 4. The predicted octanol–water partition coefficient (Wildman–Crippen LogP) is -0.387. The number of aliphatic hydroxyl groups excluding tert-OH is 1. The molecule has 2 N–H and O–H groups in total. The summed E-state index contributed by atoms with van der Waals surface area (Å²) >= 11 is 0. The van der Waals surface area contributed by atoms with Gasteiger partial charge < -0.3 is 10.0 Å². The molecule has 0 spiro atoms. The summed E-state index contributed by atoms with van der Waals surface area (Å²) in [6.07, 6.45) is 0.284. The first-order valence-electron chi connectivity index (χ1n) is 5.61. The van der Waals surface area contributed by atoms with Crippen molar-refractivity contribution in [3.63, 3.8) is 0 Å². The molecule has 0 radical (unpaired) electrons. The summed E-state index contributed by atoms with van der Waals surface area (Å²) in [5.41, 5.74) is -0.139. The van der Waals surface area contributed by atoms with Crippen molar-refractivity contribution < 1.29 is 9.90 Å². The second-order valence-corrected chi connectivity index (χ2v) is 4.39. The Morgan fingerprint density at radius 2 is 2.35 bits per heavy atom. The molecule has 2 atom stereocenters.